The Morgan fingerprint density at radius 1 is 1.12 bits per heavy atom. The lowest BCUT2D eigenvalue weighted by atomic mass is 9.48. The molecule has 4 aliphatic carbocycles. The number of nitrogens with two attached hydrogens (primary N) is 1. The summed E-state index contributed by atoms with van der Waals surface area (Å²) in [6.45, 7) is 2.25. The lowest BCUT2D eigenvalue weighted by molar-refractivity contribution is -0.0621. The SMILES string of the molecule is CCC(CC12CC3CC(CC(C3)C1)C2)NN. The van der Waals surface area contributed by atoms with Crippen LogP contribution in [-0.4, -0.2) is 6.04 Å². The topological polar surface area (TPSA) is 38.0 Å². The molecule has 3 N–H and O–H groups in total. The second-order valence-corrected chi connectivity index (χ2v) is 6.89. The van der Waals surface area contributed by atoms with Gasteiger partial charge in [0.1, 0.15) is 0 Å². The van der Waals surface area contributed by atoms with Crippen LogP contribution in [0, 0.1) is 23.2 Å². The van der Waals surface area contributed by atoms with Crippen molar-refractivity contribution in [2.45, 2.75) is 64.3 Å². The smallest absolute Gasteiger partial charge is 0.0213 e. The molecule has 4 rings (SSSR count). The molecule has 2 nitrogen and oxygen atoms in total. The quantitative estimate of drug-likeness (QED) is 0.567. The van der Waals surface area contributed by atoms with Crippen LogP contribution in [0.15, 0.2) is 0 Å². The Morgan fingerprint density at radius 2 is 1.62 bits per heavy atom. The fraction of sp³-hybridized carbons (Fsp3) is 1.00. The number of hydrogen-bond donors (Lipinski definition) is 2. The van der Waals surface area contributed by atoms with Gasteiger partial charge in [-0.05, 0) is 74.5 Å². The summed E-state index contributed by atoms with van der Waals surface area (Å²) in [6.07, 6.45) is 11.7. The Kier molecular flexibility index (Phi) is 2.75. The third-order valence-electron chi connectivity index (χ3n) is 5.57. The summed E-state index contributed by atoms with van der Waals surface area (Å²) in [5, 5.41) is 0. The van der Waals surface area contributed by atoms with Crippen LogP contribution in [0.5, 0.6) is 0 Å². The molecular weight excluding hydrogens is 196 g/mol. The molecule has 0 aromatic heterocycles. The van der Waals surface area contributed by atoms with Crippen molar-refractivity contribution in [1.82, 2.24) is 5.43 Å². The fourth-order valence-electron chi connectivity index (χ4n) is 5.38. The van der Waals surface area contributed by atoms with Crippen molar-refractivity contribution in [3.8, 4) is 0 Å². The van der Waals surface area contributed by atoms with Gasteiger partial charge >= 0.3 is 0 Å². The second-order valence-electron chi connectivity index (χ2n) is 6.89. The Morgan fingerprint density at radius 3 is 2.00 bits per heavy atom. The first-order valence-corrected chi connectivity index (χ1v) is 7.19. The molecule has 0 saturated heterocycles. The van der Waals surface area contributed by atoms with E-state index in [1.807, 2.05) is 0 Å². The molecule has 0 spiro atoms. The highest BCUT2D eigenvalue weighted by molar-refractivity contribution is 5.02. The zero-order valence-electron chi connectivity index (χ0n) is 10.5. The third-order valence-corrected chi connectivity index (χ3v) is 5.57. The predicted molar refractivity (Wildman–Crippen MR) is 66.6 cm³/mol. The molecule has 0 aliphatic heterocycles. The van der Waals surface area contributed by atoms with Crippen LogP contribution in [0.25, 0.3) is 0 Å². The van der Waals surface area contributed by atoms with E-state index in [-0.39, 0.29) is 0 Å². The molecule has 4 fully saturated rings. The van der Waals surface area contributed by atoms with Crippen LogP contribution < -0.4 is 11.3 Å². The van der Waals surface area contributed by atoms with Crippen LogP contribution in [0.4, 0.5) is 0 Å². The van der Waals surface area contributed by atoms with Crippen molar-refractivity contribution in [1.29, 1.82) is 0 Å². The van der Waals surface area contributed by atoms with E-state index in [4.69, 9.17) is 5.84 Å². The van der Waals surface area contributed by atoms with E-state index in [9.17, 15) is 0 Å². The van der Waals surface area contributed by atoms with Gasteiger partial charge in [0.15, 0.2) is 0 Å². The van der Waals surface area contributed by atoms with E-state index in [0.717, 1.165) is 17.8 Å². The first-order valence-electron chi connectivity index (χ1n) is 7.19. The van der Waals surface area contributed by atoms with Gasteiger partial charge in [-0.15, -0.1) is 0 Å². The summed E-state index contributed by atoms with van der Waals surface area (Å²) in [7, 11) is 0. The molecule has 92 valence electrons. The van der Waals surface area contributed by atoms with Crippen LogP contribution in [0.1, 0.15) is 58.3 Å². The van der Waals surface area contributed by atoms with Gasteiger partial charge in [0.05, 0.1) is 0 Å². The van der Waals surface area contributed by atoms with Crippen molar-refractivity contribution < 1.29 is 0 Å². The minimum Gasteiger partial charge on any atom is -0.271 e. The Hall–Kier alpha value is -0.0800. The average Bonchev–Trinajstić information content (AvgIpc) is 2.24. The van der Waals surface area contributed by atoms with E-state index in [1.165, 1.54) is 32.1 Å². The third kappa shape index (κ3) is 1.80. The summed E-state index contributed by atoms with van der Waals surface area (Å²) < 4.78 is 0. The average molecular weight is 222 g/mol. The maximum absolute atomic E-state index is 5.66. The van der Waals surface area contributed by atoms with Crippen LogP contribution in [0.3, 0.4) is 0 Å². The summed E-state index contributed by atoms with van der Waals surface area (Å²) in [5.74, 6) is 8.88. The van der Waals surface area contributed by atoms with Crippen molar-refractivity contribution in [3.63, 3.8) is 0 Å². The molecule has 4 bridgehead atoms. The highest BCUT2D eigenvalue weighted by Gasteiger charge is 2.50. The lowest BCUT2D eigenvalue weighted by Gasteiger charge is -2.57. The maximum Gasteiger partial charge on any atom is 0.0213 e. The Balaban J connectivity index is 1.73. The monoisotopic (exact) mass is 222 g/mol. The van der Waals surface area contributed by atoms with E-state index >= 15 is 0 Å². The first-order chi connectivity index (χ1) is 7.73. The largest absolute Gasteiger partial charge is 0.271 e. The fourth-order valence-corrected chi connectivity index (χ4v) is 5.38. The summed E-state index contributed by atoms with van der Waals surface area (Å²) in [4.78, 5) is 0. The molecule has 0 aromatic carbocycles. The molecule has 0 radical (unpaired) electrons. The van der Waals surface area contributed by atoms with Gasteiger partial charge in [0.2, 0.25) is 0 Å². The van der Waals surface area contributed by atoms with Crippen molar-refractivity contribution in [3.05, 3.63) is 0 Å². The zero-order chi connectivity index (χ0) is 11.2. The van der Waals surface area contributed by atoms with Crippen molar-refractivity contribution >= 4 is 0 Å². The summed E-state index contributed by atoms with van der Waals surface area (Å²) >= 11 is 0. The molecule has 16 heavy (non-hydrogen) atoms. The van der Waals surface area contributed by atoms with Gasteiger partial charge in [-0.2, -0.15) is 0 Å². The highest BCUT2D eigenvalue weighted by atomic mass is 15.2. The van der Waals surface area contributed by atoms with Gasteiger partial charge in [-0.1, -0.05) is 6.92 Å². The van der Waals surface area contributed by atoms with E-state index in [0.29, 0.717) is 11.5 Å². The van der Waals surface area contributed by atoms with Gasteiger partial charge in [-0.25, -0.2) is 0 Å². The number of nitrogens with one attached hydrogen (secondary N) is 1. The molecule has 2 heteroatoms. The van der Waals surface area contributed by atoms with Crippen molar-refractivity contribution in [2.75, 3.05) is 0 Å². The van der Waals surface area contributed by atoms with Gasteiger partial charge in [0.25, 0.3) is 0 Å². The molecule has 4 saturated carbocycles. The summed E-state index contributed by atoms with van der Waals surface area (Å²) in [5.41, 5.74) is 3.71. The Bertz CT molecular complexity index is 222. The minimum absolute atomic E-state index is 0.552. The van der Waals surface area contributed by atoms with E-state index in [2.05, 4.69) is 12.3 Å². The predicted octanol–water partition coefficient (Wildman–Crippen LogP) is 2.83. The molecular formula is C14H26N2. The molecule has 4 aliphatic rings. The molecule has 0 aromatic rings. The van der Waals surface area contributed by atoms with E-state index in [1.54, 1.807) is 19.3 Å². The number of hydrogen-bond acceptors (Lipinski definition) is 2. The lowest BCUT2D eigenvalue weighted by Crippen LogP contribution is -2.49. The zero-order valence-corrected chi connectivity index (χ0v) is 10.5. The van der Waals surface area contributed by atoms with Gasteiger partial charge < -0.3 is 0 Å². The summed E-state index contributed by atoms with van der Waals surface area (Å²) in [6, 6.07) is 0.552. The van der Waals surface area contributed by atoms with Gasteiger partial charge in [0, 0.05) is 6.04 Å². The first kappa shape index (κ1) is 11.0. The van der Waals surface area contributed by atoms with Gasteiger partial charge in [-0.3, -0.25) is 11.3 Å². The standard InChI is InChI=1S/C14H26N2/c1-2-13(16-15)9-14-6-10-3-11(7-14)5-12(4-10)8-14/h10-13,16H,2-9,15H2,1H3. The second kappa shape index (κ2) is 3.99. The number of rotatable bonds is 4. The van der Waals surface area contributed by atoms with E-state index < -0.39 is 0 Å². The van der Waals surface area contributed by atoms with Crippen LogP contribution in [-0.2, 0) is 0 Å². The highest BCUT2D eigenvalue weighted by Crippen LogP contribution is 2.61. The molecule has 1 unspecified atom stereocenters. The van der Waals surface area contributed by atoms with Crippen molar-refractivity contribution in [2.24, 2.45) is 29.0 Å². The number of hydrazine groups is 1. The molecule has 0 heterocycles. The normalized spacial score (nSPS) is 47.2. The molecule has 0 amide bonds. The maximum atomic E-state index is 5.66. The molecule has 1 atom stereocenters. The minimum atomic E-state index is 0.552. The van der Waals surface area contributed by atoms with Crippen LogP contribution in [0.2, 0.25) is 0 Å². The Labute approximate surface area is 99.3 Å². The van der Waals surface area contributed by atoms with Crippen LogP contribution >= 0.6 is 0 Å².